The van der Waals surface area contributed by atoms with Gasteiger partial charge in [-0.2, -0.15) is 0 Å². The van der Waals surface area contributed by atoms with Gasteiger partial charge in [0.05, 0.1) is 10.5 Å². The molecule has 2 aromatic rings. The number of aromatic nitrogens is 2. The zero-order chi connectivity index (χ0) is 21.7. The molecule has 10 nitrogen and oxygen atoms in total. The number of piperazine rings is 1. The van der Waals surface area contributed by atoms with Crippen LogP contribution in [0.1, 0.15) is 34.7 Å². The predicted molar refractivity (Wildman–Crippen MR) is 110 cm³/mol. The van der Waals surface area contributed by atoms with Crippen LogP contribution in [-0.2, 0) is 0 Å². The normalized spacial score (nSPS) is 14.0. The van der Waals surface area contributed by atoms with Crippen molar-refractivity contribution in [2.45, 2.75) is 13.8 Å². The van der Waals surface area contributed by atoms with Gasteiger partial charge in [-0.15, -0.1) is 0 Å². The van der Waals surface area contributed by atoms with Crippen molar-refractivity contribution >= 4 is 23.3 Å². The van der Waals surface area contributed by atoms with Crippen LogP contribution < -0.4 is 10.2 Å². The van der Waals surface area contributed by atoms with E-state index in [4.69, 9.17) is 0 Å². The molecule has 3 heterocycles. The Balaban J connectivity index is 1.60. The van der Waals surface area contributed by atoms with Gasteiger partial charge in [-0.05, 0) is 24.1 Å². The molecule has 0 atom stereocenters. The average Bonchev–Trinajstić information content (AvgIpc) is 2.77. The molecular weight excluding hydrogens is 388 g/mol. The van der Waals surface area contributed by atoms with Gasteiger partial charge in [0.25, 0.3) is 11.8 Å². The van der Waals surface area contributed by atoms with E-state index in [1.165, 1.54) is 24.5 Å². The summed E-state index contributed by atoms with van der Waals surface area (Å²) in [5.41, 5.74) is 0.609. The number of hydrogen-bond acceptors (Lipinski definition) is 7. The maximum Gasteiger partial charge on any atom is 0.311 e. The molecule has 1 aliphatic heterocycles. The molecule has 1 fully saturated rings. The Kier molecular flexibility index (Phi) is 6.55. The zero-order valence-electron chi connectivity index (χ0n) is 16.9. The Morgan fingerprint density at radius 3 is 2.50 bits per heavy atom. The maximum atomic E-state index is 12.7. The lowest BCUT2D eigenvalue weighted by Crippen LogP contribution is -2.49. The average molecular weight is 412 g/mol. The fourth-order valence-electron chi connectivity index (χ4n) is 3.11. The maximum absolute atomic E-state index is 12.7. The predicted octanol–water partition coefficient (Wildman–Crippen LogP) is 1.73. The first-order valence-corrected chi connectivity index (χ1v) is 9.74. The molecule has 0 radical (unpaired) electrons. The van der Waals surface area contributed by atoms with Gasteiger partial charge in [-0.3, -0.25) is 24.7 Å². The Hall–Kier alpha value is -3.56. The second kappa shape index (κ2) is 9.29. The van der Waals surface area contributed by atoms with E-state index in [1.54, 1.807) is 21.9 Å². The monoisotopic (exact) mass is 412 g/mol. The Labute approximate surface area is 174 Å². The van der Waals surface area contributed by atoms with Crippen LogP contribution in [-0.4, -0.2) is 64.3 Å². The van der Waals surface area contributed by atoms with Crippen LogP contribution in [0.25, 0.3) is 0 Å². The number of nitrogens with one attached hydrogen (secondary N) is 1. The molecule has 0 aromatic carbocycles. The summed E-state index contributed by atoms with van der Waals surface area (Å²) >= 11 is 0. The first-order chi connectivity index (χ1) is 14.4. The standard InChI is InChI=1S/C20H24N6O4/c1-14(2)12-23-19(27)15-5-6-16(22-13-15)20(28)25-10-8-24(9-11-25)18-17(26(29)30)4-3-7-21-18/h3-7,13-14H,8-12H2,1-2H3,(H,23,27). The smallest absolute Gasteiger partial charge is 0.311 e. The number of pyridine rings is 2. The lowest BCUT2D eigenvalue weighted by atomic mass is 10.2. The quantitative estimate of drug-likeness (QED) is 0.566. The number of anilines is 1. The molecule has 0 bridgehead atoms. The minimum absolute atomic E-state index is 0.0507. The van der Waals surface area contributed by atoms with E-state index < -0.39 is 4.92 Å². The van der Waals surface area contributed by atoms with Gasteiger partial charge in [0.1, 0.15) is 5.69 Å². The van der Waals surface area contributed by atoms with Gasteiger partial charge in [-0.1, -0.05) is 13.8 Å². The van der Waals surface area contributed by atoms with E-state index in [0.29, 0.717) is 50.0 Å². The molecule has 158 valence electrons. The highest BCUT2D eigenvalue weighted by molar-refractivity contribution is 5.96. The first kappa shape index (κ1) is 21.2. The molecule has 1 saturated heterocycles. The molecule has 1 N–H and O–H groups in total. The number of nitrogens with zero attached hydrogens (tertiary/aromatic N) is 5. The third-order valence-corrected chi connectivity index (χ3v) is 4.74. The molecule has 2 aromatic heterocycles. The van der Waals surface area contributed by atoms with Gasteiger partial charge >= 0.3 is 5.69 Å². The highest BCUT2D eigenvalue weighted by Gasteiger charge is 2.27. The van der Waals surface area contributed by atoms with Gasteiger partial charge in [-0.25, -0.2) is 4.98 Å². The molecule has 30 heavy (non-hydrogen) atoms. The van der Waals surface area contributed by atoms with Crippen LogP contribution in [0.3, 0.4) is 0 Å². The molecule has 1 aliphatic rings. The van der Waals surface area contributed by atoms with Crippen LogP contribution in [0.15, 0.2) is 36.7 Å². The van der Waals surface area contributed by atoms with E-state index in [0.717, 1.165) is 0 Å². The fraction of sp³-hybridized carbons (Fsp3) is 0.400. The van der Waals surface area contributed by atoms with E-state index in [2.05, 4.69) is 15.3 Å². The summed E-state index contributed by atoms with van der Waals surface area (Å²) in [6, 6.07) is 6.08. The minimum Gasteiger partial charge on any atom is -0.352 e. The molecule has 10 heteroatoms. The second-order valence-electron chi connectivity index (χ2n) is 7.42. The van der Waals surface area contributed by atoms with Gasteiger partial charge in [0.2, 0.25) is 5.82 Å². The second-order valence-corrected chi connectivity index (χ2v) is 7.42. The summed E-state index contributed by atoms with van der Waals surface area (Å²) in [6.45, 7) is 6.23. The molecule has 2 amide bonds. The molecular formula is C20H24N6O4. The summed E-state index contributed by atoms with van der Waals surface area (Å²) < 4.78 is 0. The van der Waals surface area contributed by atoms with Crippen molar-refractivity contribution in [3.8, 4) is 0 Å². The summed E-state index contributed by atoms with van der Waals surface area (Å²) in [4.78, 5) is 47.3. The van der Waals surface area contributed by atoms with Crippen LogP contribution in [0, 0.1) is 16.0 Å². The molecule has 0 saturated carbocycles. The fourth-order valence-corrected chi connectivity index (χ4v) is 3.11. The van der Waals surface area contributed by atoms with E-state index in [1.807, 2.05) is 13.8 Å². The number of hydrogen-bond donors (Lipinski definition) is 1. The largest absolute Gasteiger partial charge is 0.352 e. The summed E-state index contributed by atoms with van der Waals surface area (Å²) in [6.07, 6.45) is 2.92. The van der Waals surface area contributed by atoms with Gasteiger partial charge in [0, 0.05) is 51.2 Å². The Bertz CT molecular complexity index is 923. The molecule has 0 unspecified atom stereocenters. The van der Waals surface area contributed by atoms with Gasteiger partial charge < -0.3 is 15.1 Å². The van der Waals surface area contributed by atoms with Crippen LogP contribution in [0.4, 0.5) is 11.5 Å². The lowest BCUT2D eigenvalue weighted by molar-refractivity contribution is -0.384. The number of rotatable bonds is 6. The van der Waals surface area contributed by atoms with Crippen molar-refractivity contribution < 1.29 is 14.5 Å². The van der Waals surface area contributed by atoms with E-state index in [-0.39, 0.29) is 23.2 Å². The first-order valence-electron chi connectivity index (χ1n) is 9.74. The third kappa shape index (κ3) is 4.88. The summed E-state index contributed by atoms with van der Waals surface area (Å²) in [7, 11) is 0. The number of carbonyl (C=O) groups excluding carboxylic acids is 2. The van der Waals surface area contributed by atoms with Crippen molar-refractivity contribution in [2.24, 2.45) is 5.92 Å². The Morgan fingerprint density at radius 2 is 1.90 bits per heavy atom. The van der Waals surface area contributed by atoms with E-state index in [9.17, 15) is 19.7 Å². The van der Waals surface area contributed by atoms with Crippen LogP contribution in [0.5, 0.6) is 0 Å². The highest BCUT2D eigenvalue weighted by Crippen LogP contribution is 2.25. The minimum atomic E-state index is -0.456. The van der Waals surface area contributed by atoms with Crippen molar-refractivity contribution in [1.82, 2.24) is 20.2 Å². The molecule has 3 rings (SSSR count). The van der Waals surface area contributed by atoms with Crippen molar-refractivity contribution in [2.75, 3.05) is 37.6 Å². The summed E-state index contributed by atoms with van der Waals surface area (Å²) in [5.74, 6) is 0.193. The number of carbonyl (C=O) groups is 2. The number of nitro groups is 1. The zero-order valence-corrected chi connectivity index (χ0v) is 16.9. The number of amides is 2. The van der Waals surface area contributed by atoms with Crippen LogP contribution >= 0.6 is 0 Å². The molecule has 0 aliphatic carbocycles. The molecule has 0 spiro atoms. The lowest BCUT2D eigenvalue weighted by Gasteiger charge is -2.34. The highest BCUT2D eigenvalue weighted by atomic mass is 16.6. The van der Waals surface area contributed by atoms with Crippen molar-refractivity contribution in [3.63, 3.8) is 0 Å². The SMILES string of the molecule is CC(C)CNC(=O)c1ccc(C(=O)N2CCN(c3ncccc3[N+](=O)[O-])CC2)nc1. The van der Waals surface area contributed by atoms with E-state index >= 15 is 0 Å². The third-order valence-electron chi connectivity index (χ3n) is 4.74. The van der Waals surface area contributed by atoms with Crippen LogP contribution in [0.2, 0.25) is 0 Å². The van der Waals surface area contributed by atoms with Crippen molar-refractivity contribution in [3.05, 3.63) is 58.0 Å². The summed E-state index contributed by atoms with van der Waals surface area (Å²) in [5, 5.41) is 14.0. The van der Waals surface area contributed by atoms with Gasteiger partial charge in [0.15, 0.2) is 0 Å². The Morgan fingerprint density at radius 1 is 1.17 bits per heavy atom. The van der Waals surface area contributed by atoms with Crippen molar-refractivity contribution in [1.29, 1.82) is 0 Å². The topological polar surface area (TPSA) is 122 Å².